The molecule has 0 bridgehead atoms. The summed E-state index contributed by atoms with van der Waals surface area (Å²) in [5, 5.41) is 7.35. The van der Waals surface area contributed by atoms with Gasteiger partial charge in [-0.05, 0) is 30.3 Å². The van der Waals surface area contributed by atoms with Crippen LogP contribution in [0.1, 0.15) is 41.0 Å². The lowest BCUT2D eigenvalue weighted by molar-refractivity contribution is 0.333. The molecule has 80 valence electrons. The second-order valence-electron chi connectivity index (χ2n) is 5.00. The Kier molecular flexibility index (Phi) is 5.44. The minimum absolute atomic E-state index is 0.331. The molecule has 0 aromatic heterocycles. The van der Waals surface area contributed by atoms with Crippen LogP contribution in [0.3, 0.4) is 0 Å². The van der Waals surface area contributed by atoms with Crippen molar-refractivity contribution in [1.82, 2.24) is 0 Å². The van der Waals surface area contributed by atoms with E-state index in [2.05, 4.69) is 27.7 Å². The molecule has 1 nitrogen and oxygen atoms in total. The summed E-state index contributed by atoms with van der Waals surface area (Å²) in [5.74, 6) is 0.462. The lowest BCUT2D eigenvalue weighted by Crippen LogP contribution is -2.13. The zero-order valence-corrected chi connectivity index (χ0v) is 10.1. The van der Waals surface area contributed by atoms with Gasteiger partial charge in [0.2, 0.25) is 0 Å². The van der Waals surface area contributed by atoms with Gasteiger partial charge in [-0.2, -0.15) is 0 Å². The largest absolute Gasteiger partial charge is 0.308 e. The fourth-order valence-corrected chi connectivity index (χ4v) is 1.60. The van der Waals surface area contributed by atoms with Gasteiger partial charge in [-0.1, -0.05) is 45.9 Å². The Morgan fingerprint density at radius 1 is 1.36 bits per heavy atom. The molecule has 0 aliphatic rings. The van der Waals surface area contributed by atoms with Crippen LogP contribution in [0.4, 0.5) is 0 Å². The highest BCUT2D eigenvalue weighted by Gasteiger charge is 2.16. The number of hydrogen-bond acceptors (Lipinski definition) is 1. The van der Waals surface area contributed by atoms with Crippen LogP contribution in [-0.2, 0) is 0 Å². The predicted octanol–water partition coefficient (Wildman–Crippen LogP) is 4.21. The van der Waals surface area contributed by atoms with Crippen LogP contribution in [-0.4, -0.2) is 6.21 Å². The summed E-state index contributed by atoms with van der Waals surface area (Å²) in [4.78, 5) is 0. The molecule has 0 amide bonds. The quantitative estimate of drug-likeness (QED) is 0.511. The Morgan fingerprint density at radius 3 is 2.29 bits per heavy atom. The van der Waals surface area contributed by atoms with E-state index in [0.29, 0.717) is 11.3 Å². The summed E-state index contributed by atoms with van der Waals surface area (Å²) in [6.07, 6.45) is 8.61. The molecule has 0 aromatic carbocycles. The molecular weight excluding hydrogens is 170 g/mol. The summed E-state index contributed by atoms with van der Waals surface area (Å²) < 4.78 is 0. The van der Waals surface area contributed by atoms with E-state index in [4.69, 9.17) is 5.41 Å². The summed E-state index contributed by atoms with van der Waals surface area (Å²) >= 11 is 0. The number of allylic oxidation sites excluding steroid dienone is 4. The maximum atomic E-state index is 7.35. The fraction of sp³-hybridized carbons (Fsp3) is 0.615. The second kappa shape index (κ2) is 5.79. The van der Waals surface area contributed by atoms with Crippen molar-refractivity contribution < 1.29 is 0 Å². The van der Waals surface area contributed by atoms with Crippen molar-refractivity contribution in [1.29, 1.82) is 5.41 Å². The third-order valence-electron chi connectivity index (χ3n) is 2.14. The number of hydrogen-bond donors (Lipinski definition) is 1. The minimum atomic E-state index is 0.331. The van der Waals surface area contributed by atoms with Crippen LogP contribution in [0.25, 0.3) is 0 Å². The molecule has 1 unspecified atom stereocenters. The average molecular weight is 193 g/mol. The van der Waals surface area contributed by atoms with Crippen molar-refractivity contribution >= 4 is 6.21 Å². The molecule has 1 heteroatoms. The third-order valence-corrected chi connectivity index (χ3v) is 2.14. The van der Waals surface area contributed by atoms with E-state index in [0.717, 1.165) is 12.0 Å². The molecule has 0 spiro atoms. The van der Waals surface area contributed by atoms with Gasteiger partial charge in [-0.3, -0.25) is 0 Å². The van der Waals surface area contributed by atoms with Crippen molar-refractivity contribution in [3.05, 3.63) is 23.8 Å². The first-order chi connectivity index (χ1) is 6.40. The van der Waals surface area contributed by atoms with E-state index in [1.807, 2.05) is 25.2 Å². The monoisotopic (exact) mass is 193 g/mol. The smallest absolute Gasteiger partial charge is 0.0212 e. The van der Waals surface area contributed by atoms with Crippen LogP contribution in [0, 0.1) is 16.7 Å². The first kappa shape index (κ1) is 13.2. The van der Waals surface area contributed by atoms with E-state index in [1.165, 1.54) is 6.21 Å². The zero-order valence-electron chi connectivity index (χ0n) is 10.1. The first-order valence-electron chi connectivity index (χ1n) is 5.24. The molecule has 0 rings (SSSR count). The summed E-state index contributed by atoms with van der Waals surface area (Å²) in [7, 11) is 0. The van der Waals surface area contributed by atoms with Gasteiger partial charge in [0.25, 0.3) is 0 Å². The molecule has 0 saturated carbocycles. The molecule has 0 saturated heterocycles. The Bertz CT molecular complexity index is 228. The van der Waals surface area contributed by atoms with Crippen LogP contribution >= 0.6 is 0 Å². The molecule has 0 fully saturated rings. The van der Waals surface area contributed by atoms with Gasteiger partial charge < -0.3 is 5.41 Å². The number of nitrogens with one attached hydrogen (secondary N) is 1. The SMILES string of the molecule is C/C=C\C=C(/C=N)C(C)CC(C)(C)C. The Morgan fingerprint density at radius 2 is 1.93 bits per heavy atom. The van der Waals surface area contributed by atoms with E-state index >= 15 is 0 Å². The lowest BCUT2D eigenvalue weighted by Gasteiger charge is -2.23. The lowest BCUT2D eigenvalue weighted by atomic mass is 9.82. The Hall–Kier alpha value is -0.850. The van der Waals surface area contributed by atoms with E-state index in [9.17, 15) is 0 Å². The molecular formula is C13H23N. The summed E-state index contributed by atoms with van der Waals surface area (Å²) in [6.45, 7) is 10.9. The van der Waals surface area contributed by atoms with Crippen molar-refractivity contribution in [3.63, 3.8) is 0 Å². The molecule has 1 N–H and O–H groups in total. The van der Waals surface area contributed by atoms with Crippen molar-refractivity contribution in [2.24, 2.45) is 11.3 Å². The molecule has 0 heterocycles. The molecule has 0 aromatic rings. The van der Waals surface area contributed by atoms with E-state index < -0.39 is 0 Å². The maximum Gasteiger partial charge on any atom is 0.0212 e. The summed E-state index contributed by atoms with van der Waals surface area (Å²) in [5.41, 5.74) is 1.44. The van der Waals surface area contributed by atoms with Crippen LogP contribution in [0.5, 0.6) is 0 Å². The van der Waals surface area contributed by atoms with Gasteiger partial charge in [-0.25, -0.2) is 0 Å². The number of rotatable bonds is 4. The highest BCUT2D eigenvalue weighted by Crippen LogP contribution is 2.27. The van der Waals surface area contributed by atoms with Crippen LogP contribution in [0.2, 0.25) is 0 Å². The minimum Gasteiger partial charge on any atom is -0.308 e. The van der Waals surface area contributed by atoms with Crippen LogP contribution in [0.15, 0.2) is 23.8 Å². The summed E-state index contributed by atoms with van der Waals surface area (Å²) in [6, 6.07) is 0. The van der Waals surface area contributed by atoms with Gasteiger partial charge >= 0.3 is 0 Å². The van der Waals surface area contributed by atoms with Gasteiger partial charge in [0, 0.05) is 6.21 Å². The second-order valence-corrected chi connectivity index (χ2v) is 5.00. The standard InChI is InChI=1S/C13H23N/c1-6-7-8-12(10-14)11(2)9-13(3,4)5/h6-8,10-11,14H,9H2,1-5H3/b7-6-,12-8+,14-10?. The highest BCUT2D eigenvalue weighted by molar-refractivity contribution is 5.76. The van der Waals surface area contributed by atoms with Crippen molar-refractivity contribution in [2.75, 3.05) is 0 Å². The molecule has 0 aliphatic carbocycles. The third kappa shape index (κ3) is 5.74. The fourth-order valence-electron chi connectivity index (χ4n) is 1.60. The maximum absolute atomic E-state index is 7.35. The van der Waals surface area contributed by atoms with Gasteiger partial charge in [0.1, 0.15) is 0 Å². The highest BCUT2D eigenvalue weighted by atomic mass is 14.3. The molecule has 0 aliphatic heterocycles. The van der Waals surface area contributed by atoms with Gasteiger partial charge in [0.05, 0.1) is 0 Å². The van der Waals surface area contributed by atoms with Crippen molar-refractivity contribution in [2.45, 2.75) is 41.0 Å². The van der Waals surface area contributed by atoms with Crippen molar-refractivity contribution in [3.8, 4) is 0 Å². The normalized spacial score (nSPS) is 15.9. The Labute approximate surface area is 88.4 Å². The molecule has 0 radical (unpaired) electrons. The van der Waals surface area contributed by atoms with E-state index in [-0.39, 0.29) is 0 Å². The predicted molar refractivity (Wildman–Crippen MR) is 64.9 cm³/mol. The van der Waals surface area contributed by atoms with Gasteiger partial charge in [-0.15, -0.1) is 0 Å². The average Bonchev–Trinajstić information content (AvgIpc) is 2.02. The zero-order chi connectivity index (χ0) is 11.2. The first-order valence-corrected chi connectivity index (χ1v) is 5.24. The van der Waals surface area contributed by atoms with E-state index in [1.54, 1.807) is 0 Å². The Balaban J connectivity index is 4.47. The molecule has 1 atom stereocenters. The topological polar surface area (TPSA) is 23.9 Å². The van der Waals surface area contributed by atoms with Crippen LogP contribution < -0.4 is 0 Å². The molecule has 14 heavy (non-hydrogen) atoms. The van der Waals surface area contributed by atoms with Gasteiger partial charge in [0.15, 0.2) is 0 Å².